The van der Waals surface area contributed by atoms with Crippen molar-refractivity contribution in [3.63, 3.8) is 0 Å². The molecule has 0 amide bonds. The van der Waals surface area contributed by atoms with Crippen LogP contribution in [0, 0.1) is 0 Å². The fraction of sp³-hybridized carbons (Fsp3) is 0.455. The molecule has 78 valence electrons. The molecule has 0 saturated heterocycles. The molecule has 2 nitrogen and oxygen atoms in total. The van der Waals surface area contributed by atoms with E-state index in [0.29, 0.717) is 0 Å². The summed E-state index contributed by atoms with van der Waals surface area (Å²) in [7, 11) is 1.66. The highest BCUT2D eigenvalue weighted by Gasteiger charge is 2.07. The molecule has 0 fully saturated rings. The van der Waals surface area contributed by atoms with Gasteiger partial charge in [0.25, 0.3) is 0 Å². The highest BCUT2D eigenvalue weighted by molar-refractivity contribution is 9.10. The van der Waals surface area contributed by atoms with Gasteiger partial charge in [-0.25, -0.2) is 0 Å². The molecular weight excluding hydrogens is 244 g/mol. The van der Waals surface area contributed by atoms with E-state index >= 15 is 0 Å². The Balaban J connectivity index is 2.85. The zero-order chi connectivity index (χ0) is 10.6. The highest BCUT2D eigenvalue weighted by Crippen LogP contribution is 2.28. The summed E-state index contributed by atoms with van der Waals surface area (Å²) in [4.78, 5) is 0. The van der Waals surface area contributed by atoms with Crippen molar-refractivity contribution in [3.05, 3.63) is 28.2 Å². The SMILES string of the molecule is CCOC(C)c1ccc(OC)c(Br)c1. The van der Waals surface area contributed by atoms with E-state index in [1.54, 1.807) is 7.11 Å². The first-order valence-corrected chi connectivity index (χ1v) is 5.43. The Labute approximate surface area is 93.4 Å². The lowest BCUT2D eigenvalue weighted by Gasteiger charge is -2.13. The summed E-state index contributed by atoms with van der Waals surface area (Å²) in [5.41, 5.74) is 1.15. The molecule has 3 heteroatoms. The molecule has 1 aromatic rings. The van der Waals surface area contributed by atoms with Crippen molar-refractivity contribution in [3.8, 4) is 5.75 Å². The van der Waals surface area contributed by atoms with E-state index in [9.17, 15) is 0 Å². The zero-order valence-electron chi connectivity index (χ0n) is 8.71. The van der Waals surface area contributed by atoms with Gasteiger partial charge in [0, 0.05) is 6.61 Å². The second-order valence-electron chi connectivity index (χ2n) is 2.99. The Morgan fingerprint density at radius 1 is 1.43 bits per heavy atom. The number of benzene rings is 1. The van der Waals surface area contributed by atoms with Gasteiger partial charge in [-0.3, -0.25) is 0 Å². The highest BCUT2D eigenvalue weighted by atomic mass is 79.9. The average Bonchev–Trinajstić information content (AvgIpc) is 2.18. The standard InChI is InChI=1S/C11H15BrO2/c1-4-14-8(2)9-5-6-11(13-3)10(12)7-9/h5-8H,4H2,1-3H3. The van der Waals surface area contributed by atoms with Crippen molar-refractivity contribution in [2.75, 3.05) is 13.7 Å². The summed E-state index contributed by atoms with van der Waals surface area (Å²) in [6, 6.07) is 5.98. The van der Waals surface area contributed by atoms with Gasteiger partial charge >= 0.3 is 0 Å². The molecule has 1 atom stereocenters. The van der Waals surface area contributed by atoms with Crippen molar-refractivity contribution in [1.29, 1.82) is 0 Å². The molecule has 0 spiro atoms. The predicted molar refractivity (Wildman–Crippen MR) is 60.7 cm³/mol. The summed E-state index contributed by atoms with van der Waals surface area (Å²) in [6.07, 6.45) is 0.127. The summed E-state index contributed by atoms with van der Waals surface area (Å²) in [5, 5.41) is 0. The van der Waals surface area contributed by atoms with Crippen molar-refractivity contribution < 1.29 is 9.47 Å². The zero-order valence-corrected chi connectivity index (χ0v) is 10.3. The third kappa shape index (κ3) is 2.72. The van der Waals surface area contributed by atoms with E-state index in [1.807, 2.05) is 32.0 Å². The topological polar surface area (TPSA) is 18.5 Å². The maximum Gasteiger partial charge on any atom is 0.133 e. The van der Waals surface area contributed by atoms with Gasteiger partial charge in [-0.15, -0.1) is 0 Å². The smallest absolute Gasteiger partial charge is 0.133 e. The van der Waals surface area contributed by atoms with Crippen LogP contribution in [-0.2, 0) is 4.74 Å². The summed E-state index contributed by atoms with van der Waals surface area (Å²) >= 11 is 3.45. The quantitative estimate of drug-likeness (QED) is 0.823. The van der Waals surface area contributed by atoms with Crippen molar-refractivity contribution >= 4 is 15.9 Å². The van der Waals surface area contributed by atoms with Gasteiger partial charge in [-0.05, 0) is 47.5 Å². The minimum atomic E-state index is 0.127. The number of hydrogen-bond donors (Lipinski definition) is 0. The molecule has 0 N–H and O–H groups in total. The van der Waals surface area contributed by atoms with Gasteiger partial charge in [0.2, 0.25) is 0 Å². The monoisotopic (exact) mass is 258 g/mol. The number of rotatable bonds is 4. The fourth-order valence-electron chi connectivity index (χ4n) is 1.28. The number of ether oxygens (including phenoxy) is 2. The molecule has 0 saturated carbocycles. The van der Waals surface area contributed by atoms with E-state index in [1.165, 1.54) is 0 Å². The molecule has 0 bridgehead atoms. The third-order valence-electron chi connectivity index (χ3n) is 2.06. The van der Waals surface area contributed by atoms with Crippen LogP contribution in [0.15, 0.2) is 22.7 Å². The molecule has 1 rings (SSSR count). The maximum absolute atomic E-state index is 5.49. The van der Waals surface area contributed by atoms with Crippen molar-refractivity contribution in [2.24, 2.45) is 0 Å². The van der Waals surface area contributed by atoms with E-state index in [0.717, 1.165) is 22.4 Å². The largest absolute Gasteiger partial charge is 0.496 e. The lowest BCUT2D eigenvalue weighted by Crippen LogP contribution is -1.99. The second kappa shape index (κ2) is 5.37. The van der Waals surface area contributed by atoms with Crippen LogP contribution < -0.4 is 4.74 Å². The first-order chi connectivity index (χ1) is 6.69. The Morgan fingerprint density at radius 3 is 2.64 bits per heavy atom. The number of hydrogen-bond acceptors (Lipinski definition) is 2. The Morgan fingerprint density at radius 2 is 2.14 bits per heavy atom. The van der Waals surface area contributed by atoms with Gasteiger partial charge in [0.05, 0.1) is 17.7 Å². The third-order valence-corrected chi connectivity index (χ3v) is 2.68. The normalized spacial score (nSPS) is 12.6. The lowest BCUT2D eigenvalue weighted by atomic mass is 10.1. The average molecular weight is 259 g/mol. The van der Waals surface area contributed by atoms with Gasteiger partial charge < -0.3 is 9.47 Å². The fourth-order valence-corrected chi connectivity index (χ4v) is 1.84. The summed E-state index contributed by atoms with van der Waals surface area (Å²) in [6.45, 7) is 4.76. The van der Waals surface area contributed by atoms with Gasteiger partial charge in [-0.1, -0.05) is 6.07 Å². The lowest BCUT2D eigenvalue weighted by molar-refractivity contribution is 0.0763. The first kappa shape index (κ1) is 11.5. The molecule has 0 aliphatic carbocycles. The molecule has 0 radical (unpaired) electrons. The van der Waals surface area contributed by atoms with Gasteiger partial charge in [-0.2, -0.15) is 0 Å². The van der Waals surface area contributed by atoms with Crippen LogP contribution >= 0.6 is 15.9 Å². The Kier molecular flexibility index (Phi) is 4.42. The molecule has 1 unspecified atom stereocenters. The van der Waals surface area contributed by atoms with E-state index in [4.69, 9.17) is 9.47 Å². The molecule has 0 heterocycles. The van der Waals surface area contributed by atoms with Crippen LogP contribution in [0.4, 0.5) is 0 Å². The minimum Gasteiger partial charge on any atom is -0.496 e. The van der Waals surface area contributed by atoms with Crippen LogP contribution in [0.3, 0.4) is 0 Å². The molecule has 0 aromatic heterocycles. The van der Waals surface area contributed by atoms with Gasteiger partial charge in [0.15, 0.2) is 0 Å². The molecule has 0 aliphatic heterocycles. The Hall–Kier alpha value is -0.540. The first-order valence-electron chi connectivity index (χ1n) is 4.64. The molecule has 0 aliphatic rings. The van der Waals surface area contributed by atoms with Crippen LogP contribution in [0.25, 0.3) is 0 Å². The molecule has 1 aromatic carbocycles. The predicted octanol–water partition coefficient (Wildman–Crippen LogP) is 3.56. The van der Waals surface area contributed by atoms with Crippen molar-refractivity contribution in [2.45, 2.75) is 20.0 Å². The molecular formula is C11H15BrO2. The molecule has 14 heavy (non-hydrogen) atoms. The van der Waals surface area contributed by atoms with Crippen LogP contribution in [-0.4, -0.2) is 13.7 Å². The Bertz CT molecular complexity index is 299. The number of halogens is 1. The van der Waals surface area contributed by atoms with E-state index in [-0.39, 0.29) is 6.10 Å². The van der Waals surface area contributed by atoms with Crippen LogP contribution in [0.5, 0.6) is 5.75 Å². The van der Waals surface area contributed by atoms with Crippen LogP contribution in [0.1, 0.15) is 25.5 Å². The van der Waals surface area contributed by atoms with Crippen molar-refractivity contribution in [1.82, 2.24) is 0 Å². The van der Waals surface area contributed by atoms with Crippen LogP contribution in [0.2, 0.25) is 0 Å². The number of methoxy groups -OCH3 is 1. The maximum atomic E-state index is 5.49. The van der Waals surface area contributed by atoms with E-state index in [2.05, 4.69) is 15.9 Å². The summed E-state index contributed by atoms with van der Waals surface area (Å²) < 4.78 is 11.6. The van der Waals surface area contributed by atoms with E-state index < -0.39 is 0 Å². The minimum absolute atomic E-state index is 0.127. The second-order valence-corrected chi connectivity index (χ2v) is 3.85. The summed E-state index contributed by atoms with van der Waals surface area (Å²) in [5.74, 6) is 0.845. The van der Waals surface area contributed by atoms with Gasteiger partial charge in [0.1, 0.15) is 5.75 Å².